The fraction of sp³-hybridized carbons (Fsp3) is 1.00. The van der Waals surface area contributed by atoms with E-state index in [2.05, 4.69) is 45.4 Å². The van der Waals surface area contributed by atoms with Crippen molar-refractivity contribution in [1.29, 1.82) is 0 Å². The summed E-state index contributed by atoms with van der Waals surface area (Å²) in [6, 6.07) is 2.38. The first-order valence-electron chi connectivity index (χ1n) is 6.92. The maximum Gasteiger partial charge on any atom is 0.334 e. The molecule has 1 N–H and O–H groups in total. The zero-order valence-corrected chi connectivity index (χ0v) is 14.6. The van der Waals surface area contributed by atoms with E-state index in [4.69, 9.17) is 8.85 Å². The zero-order valence-electron chi connectivity index (χ0n) is 12.6. The Morgan fingerprint density at radius 3 is 1.88 bits per heavy atom. The van der Waals surface area contributed by atoms with Gasteiger partial charge in [0.25, 0.3) is 0 Å². The second-order valence-electron chi connectivity index (χ2n) is 5.27. The summed E-state index contributed by atoms with van der Waals surface area (Å²) in [4.78, 5) is 3.72. The van der Waals surface area contributed by atoms with Crippen LogP contribution in [-0.4, -0.2) is 36.6 Å². The van der Waals surface area contributed by atoms with Crippen molar-refractivity contribution in [2.75, 3.05) is 19.8 Å². The van der Waals surface area contributed by atoms with Crippen molar-refractivity contribution in [3.63, 3.8) is 0 Å². The largest absolute Gasteiger partial charge is 0.395 e. The van der Waals surface area contributed by atoms with E-state index in [-0.39, 0.29) is 0 Å². The van der Waals surface area contributed by atoms with E-state index in [1.54, 1.807) is 0 Å². The molecule has 0 spiro atoms. The minimum Gasteiger partial charge on any atom is -0.395 e. The van der Waals surface area contributed by atoms with Crippen molar-refractivity contribution in [2.45, 2.75) is 58.9 Å². The van der Waals surface area contributed by atoms with Gasteiger partial charge in [0, 0.05) is 13.2 Å². The molecule has 0 saturated heterocycles. The lowest BCUT2D eigenvalue weighted by Crippen LogP contribution is -2.45. The molecule has 0 amide bonds. The Morgan fingerprint density at radius 2 is 1.47 bits per heavy atom. The molecule has 0 radical (unpaired) electrons. The van der Waals surface area contributed by atoms with Crippen LogP contribution in [0.15, 0.2) is 0 Å². The van der Waals surface area contributed by atoms with Crippen LogP contribution in [0.5, 0.6) is 0 Å². The smallest absolute Gasteiger partial charge is 0.334 e. The summed E-state index contributed by atoms with van der Waals surface area (Å²) in [6.07, 6.45) is 1.17. The molecule has 5 heteroatoms. The predicted molar refractivity (Wildman–Crippen MR) is 80.3 cm³/mol. The highest BCUT2D eigenvalue weighted by Crippen LogP contribution is 2.15. The van der Waals surface area contributed by atoms with Crippen molar-refractivity contribution in [3.8, 4) is 0 Å². The second-order valence-corrected chi connectivity index (χ2v) is 13.4. The summed E-state index contributed by atoms with van der Waals surface area (Å²) in [5.41, 5.74) is 0. The van der Waals surface area contributed by atoms with Crippen LogP contribution in [0, 0.1) is 0 Å². The number of hydrogen-bond donors (Lipinski definition) is 1. The third-order valence-electron chi connectivity index (χ3n) is 3.19. The summed E-state index contributed by atoms with van der Waals surface area (Å²) in [6.45, 7) is 16.0. The molecule has 0 aromatic heterocycles. The lowest BCUT2D eigenvalue weighted by molar-refractivity contribution is 0.188. The summed E-state index contributed by atoms with van der Waals surface area (Å²) >= 11 is 0. The zero-order chi connectivity index (χ0) is 13.4. The van der Waals surface area contributed by atoms with E-state index >= 15 is 0 Å². The Hall–Kier alpha value is 0.314. The van der Waals surface area contributed by atoms with Gasteiger partial charge in [-0.1, -0.05) is 20.0 Å². The average molecular weight is 278 g/mol. The molecule has 0 aliphatic rings. The van der Waals surface area contributed by atoms with Gasteiger partial charge < -0.3 is 13.8 Å². The highest BCUT2D eigenvalue weighted by molar-refractivity contribution is 6.74. The van der Waals surface area contributed by atoms with Gasteiger partial charge in [-0.05, 0) is 45.4 Å². The molecule has 0 aliphatic heterocycles. The van der Waals surface area contributed by atoms with Crippen LogP contribution in [0.3, 0.4) is 0 Å². The molecule has 3 nitrogen and oxygen atoms in total. The maximum atomic E-state index is 5.83. The van der Waals surface area contributed by atoms with E-state index in [1.165, 1.54) is 12.5 Å². The lowest BCUT2D eigenvalue weighted by atomic mass is 10.5. The van der Waals surface area contributed by atoms with Gasteiger partial charge in [0.2, 0.25) is 0 Å². The van der Waals surface area contributed by atoms with Crippen LogP contribution < -0.4 is 4.98 Å². The molecular weight excluding hydrogens is 246 g/mol. The minimum atomic E-state index is -1.88. The fourth-order valence-electron chi connectivity index (χ4n) is 1.76. The second kappa shape index (κ2) is 8.42. The van der Waals surface area contributed by atoms with E-state index in [0.717, 1.165) is 25.8 Å². The molecule has 0 unspecified atom stereocenters. The summed E-state index contributed by atoms with van der Waals surface area (Å²) in [5, 5.41) is 0. The Morgan fingerprint density at radius 1 is 0.941 bits per heavy atom. The van der Waals surface area contributed by atoms with Gasteiger partial charge in [0.15, 0.2) is 0 Å². The van der Waals surface area contributed by atoms with E-state index < -0.39 is 16.8 Å². The molecule has 0 aliphatic carbocycles. The summed E-state index contributed by atoms with van der Waals surface area (Å²) < 4.78 is 11.7. The minimum absolute atomic E-state index is 0.769. The number of nitrogens with one attached hydrogen (secondary N) is 1. The Balaban J connectivity index is 3.90. The number of hydrogen-bond acceptors (Lipinski definition) is 3. The van der Waals surface area contributed by atoms with Crippen molar-refractivity contribution < 1.29 is 8.85 Å². The van der Waals surface area contributed by atoms with E-state index in [1.807, 2.05) is 0 Å². The van der Waals surface area contributed by atoms with Crippen molar-refractivity contribution in [1.82, 2.24) is 4.98 Å². The summed E-state index contributed by atoms with van der Waals surface area (Å²) in [5.74, 6) is 0. The molecule has 17 heavy (non-hydrogen) atoms. The van der Waals surface area contributed by atoms with E-state index in [9.17, 15) is 0 Å². The SMILES string of the molecule is CCO[Si](C)(CCCN[Si](C)(C)CC)OCC. The van der Waals surface area contributed by atoms with E-state index in [0.29, 0.717) is 0 Å². The predicted octanol–water partition coefficient (Wildman–Crippen LogP) is 3.34. The molecule has 0 atom stereocenters. The van der Waals surface area contributed by atoms with Crippen molar-refractivity contribution >= 4 is 16.8 Å². The fourth-order valence-corrected chi connectivity index (χ4v) is 5.27. The first kappa shape index (κ1) is 17.3. The molecule has 0 saturated carbocycles. The monoisotopic (exact) mass is 277 g/mol. The highest BCUT2D eigenvalue weighted by atomic mass is 28.4. The quantitative estimate of drug-likeness (QED) is 0.491. The molecule has 0 rings (SSSR count). The van der Waals surface area contributed by atoms with Gasteiger partial charge in [-0.25, -0.2) is 0 Å². The first-order chi connectivity index (χ1) is 7.89. The van der Waals surface area contributed by atoms with Gasteiger partial charge in [0.1, 0.15) is 8.24 Å². The van der Waals surface area contributed by atoms with Crippen molar-refractivity contribution in [3.05, 3.63) is 0 Å². The van der Waals surface area contributed by atoms with Gasteiger partial charge >= 0.3 is 8.56 Å². The van der Waals surface area contributed by atoms with Crippen molar-refractivity contribution in [2.24, 2.45) is 0 Å². The molecule has 0 aromatic carbocycles. The van der Waals surface area contributed by atoms with Gasteiger partial charge in [0.05, 0.1) is 0 Å². The maximum absolute atomic E-state index is 5.83. The number of rotatable bonds is 10. The highest BCUT2D eigenvalue weighted by Gasteiger charge is 2.30. The van der Waals surface area contributed by atoms with Gasteiger partial charge in [-0.3, -0.25) is 0 Å². The van der Waals surface area contributed by atoms with Gasteiger partial charge in [-0.15, -0.1) is 0 Å². The third-order valence-corrected chi connectivity index (χ3v) is 9.23. The van der Waals surface area contributed by atoms with Crippen LogP contribution >= 0.6 is 0 Å². The lowest BCUT2D eigenvalue weighted by Gasteiger charge is -2.27. The third kappa shape index (κ3) is 8.10. The Kier molecular flexibility index (Phi) is 8.58. The van der Waals surface area contributed by atoms with Crippen LogP contribution in [0.25, 0.3) is 0 Å². The molecular formula is C12H31NO2Si2. The molecule has 0 fully saturated rings. The molecule has 0 aromatic rings. The van der Waals surface area contributed by atoms with Crippen LogP contribution in [0.1, 0.15) is 27.2 Å². The Bertz CT molecular complexity index is 195. The Labute approximate surface area is 110 Å². The molecule has 0 bridgehead atoms. The average Bonchev–Trinajstić information content (AvgIpc) is 2.25. The normalized spacial score (nSPS) is 13.1. The van der Waals surface area contributed by atoms with Crippen LogP contribution in [-0.2, 0) is 8.85 Å². The molecule has 0 heterocycles. The summed E-state index contributed by atoms with van der Waals surface area (Å²) in [7, 11) is -3.01. The standard InChI is InChI=1S/C12H31NO2Si2/c1-7-14-17(6,15-8-2)12-10-11-13-16(4,5)9-3/h13H,7-12H2,1-6H3. The molecule has 104 valence electrons. The topological polar surface area (TPSA) is 30.5 Å². The van der Waals surface area contributed by atoms with Gasteiger partial charge in [-0.2, -0.15) is 0 Å². The first-order valence-corrected chi connectivity index (χ1v) is 12.6. The van der Waals surface area contributed by atoms with Crippen LogP contribution in [0.2, 0.25) is 31.7 Å². The van der Waals surface area contributed by atoms with Crippen LogP contribution in [0.4, 0.5) is 0 Å².